The van der Waals surface area contributed by atoms with Crippen molar-refractivity contribution in [2.45, 2.75) is 9.96 Å². The predicted octanol–water partition coefficient (Wildman–Crippen LogP) is 5.36. The zero-order valence-corrected chi connectivity index (χ0v) is 18.9. The molecule has 0 heterocycles. The molecule has 0 radical (unpaired) electrons. The molecule has 3 N–H and O–H groups in total. The number of alkyl halides is 3. The number of amides is 1. The third kappa shape index (κ3) is 6.58. The molecular weight excluding hydrogens is 551 g/mol. The monoisotopic (exact) mass is 561 g/mol. The molecule has 0 aliphatic heterocycles. The number of para-hydroxylation sites is 1. The minimum atomic E-state index is -1.84. The largest absolute Gasteiger partial charge is 0.339 e. The minimum Gasteiger partial charge on any atom is -0.339 e. The van der Waals surface area contributed by atoms with E-state index in [2.05, 4.69) is 38.5 Å². The molecule has 0 aliphatic rings. The first-order valence-electron chi connectivity index (χ1n) is 7.12. The van der Waals surface area contributed by atoms with E-state index in [0.29, 0.717) is 16.3 Å². The molecule has 0 aliphatic carbocycles. The summed E-state index contributed by atoms with van der Waals surface area (Å²) in [4.78, 5) is 12.4. The van der Waals surface area contributed by atoms with E-state index >= 15 is 0 Å². The van der Waals surface area contributed by atoms with Gasteiger partial charge in [0.15, 0.2) is 5.11 Å². The standard InChI is InChI=1S/C16H12Cl4IN3OS/c17-11-6-1-2-7-12(11)22-15(26)24-14(16(18,19)20)23-13(25)9-4-3-5-10(21)8-9/h1-8,14H,(H,23,25)(H2,22,24,26)/t14-/m1/s1. The molecule has 10 heteroatoms. The molecule has 0 spiro atoms. The van der Waals surface area contributed by atoms with Crippen molar-refractivity contribution in [1.29, 1.82) is 0 Å². The molecule has 1 atom stereocenters. The molecule has 1 amide bonds. The van der Waals surface area contributed by atoms with Gasteiger partial charge >= 0.3 is 0 Å². The maximum Gasteiger partial charge on any atom is 0.253 e. The van der Waals surface area contributed by atoms with Gasteiger partial charge in [-0.05, 0) is 65.1 Å². The zero-order chi connectivity index (χ0) is 19.3. The maximum absolute atomic E-state index is 12.4. The molecule has 0 aromatic heterocycles. The van der Waals surface area contributed by atoms with Crippen LogP contribution in [0.4, 0.5) is 5.69 Å². The molecule has 138 valence electrons. The Hall–Kier alpha value is -0.510. The highest BCUT2D eigenvalue weighted by molar-refractivity contribution is 14.1. The molecule has 2 aromatic rings. The van der Waals surface area contributed by atoms with E-state index in [1.54, 1.807) is 42.5 Å². The van der Waals surface area contributed by atoms with Crippen LogP contribution < -0.4 is 16.0 Å². The van der Waals surface area contributed by atoms with Gasteiger partial charge in [0.1, 0.15) is 6.17 Å². The quantitative estimate of drug-likeness (QED) is 0.203. The second-order valence-corrected chi connectivity index (χ2v) is 9.47. The first kappa shape index (κ1) is 21.8. The van der Waals surface area contributed by atoms with Crippen LogP contribution in [0, 0.1) is 3.57 Å². The van der Waals surface area contributed by atoms with Crippen LogP contribution in [0.25, 0.3) is 0 Å². The van der Waals surface area contributed by atoms with Crippen LogP contribution in [0.2, 0.25) is 5.02 Å². The lowest BCUT2D eigenvalue weighted by atomic mass is 10.2. The molecule has 26 heavy (non-hydrogen) atoms. The first-order chi connectivity index (χ1) is 12.2. The fraction of sp³-hybridized carbons (Fsp3) is 0.125. The van der Waals surface area contributed by atoms with Gasteiger partial charge in [0.25, 0.3) is 5.91 Å². The number of hydrogen-bond donors (Lipinski definition) is 3. The van der Waals surface area contributed by atoms with Crippen molar-refractivity contribution >= 4 is 97.9 Å². The fourth-order valence-corrected chi connectivity index (χ4v) is 3.18. The van der Waals surface area contributed by atoms with E-state index in [9.17, 15) is 4.79 Å². The summed E-state index contributed by atoms with van der Waals surface area (Å²) < 4.78 is -0.936. The number of benzene rings is 2. The number of hydrogen-bond acceptors (Lipinski definition) is 2. The second kappa shape index (κ2) is 9.61. The van der Waals surface area contributed by atoms with Gasteiger partial charge in [0, 0.05) is 9.13 Å². The Balaban J connectivity index is 2.09. The van der Waals surface area contributed by atoms with Gasteiger partial charge in [-0.2, -0.15) is 0 Å². The highest BCUT2D eigenvalue weighted by Crippen LogP contribution is 2.29. The molecule has 2 rings (SSSR count). The first-order valence-corrected chi connectivity index (χ1v) is 10.1. The topological polar surface area (TPSA) is 53.2 Å². The summed E-state index contributed by atoms with van der Waals surface area (Å²) in [5.41, 5.74) is 1.02. The lowest BCUT2D eigenvalue weighted by Gasteiger charge is -2.28. The number of halogens is 5. The third-order valence-corrected chi connectivity index (χ3v) is 4.96. The van der Waals surface area contributed by atoms with E-state index in [1.165, 1.54) is 0 Å². The van der Waals surface area contributed by atoms with E-state index in [1.807, 2.05) is 6.07 Å². The molecular formula is C16H12Cl4IN3OS. The molecule has 0 saturated carbocycles. The smallest absolute Gasteiger partial charge is 0.253 e. The lowest BCUT2D eigenvalue weighted by Crippen LogP contribution is -2.56. The zero-order valence-electron chi connectivity index (χ0n) is 12.9. The SMILES string of the molecule is O=C(N[C@H](NC(=S)Nc1ccccc1Cl)C(Cl)(Cl)Cl)c1cccc(I)c1. The average molecular weight is 563 g/mol. The number of nitrogens with one attached hydrogen (secondary N) is 3. The van der Waals surface area contributed by atoms with Gasteiger partial charge in [-0.3, -0.25) is 4.79 Å². The average Bonchev–Trinajstić information content (AvgIpc) is 2.55. The van der Waals surface area contributed by atoms with Crippen molar-refractivity contribution in [3.05, 3.63) is 62.7 Å². The summed E-state index contributed by atoms with van der Waals surface area (Å²) in [6, 6.07) is 14.0. The summed E-state index contributed by atoms with van der Waals surface area (Å²) in [5.74, 6) is -0.409. The molecule has 2 aromatic carbocycles. The predicted molar refractivity (Wildman–Crippen MR) is 122 cm³/mol. The van der Waals surface area contributed by atoms with Crippen molar-refractivity contribution in [2.24, 2.45) is 0 Å². The van der Waals surface area contributed by atoms with Crippen LogP contribution in [-0.4, -0.2) is 21.0 Å². The van der Waals surface area contributed by atoms with Gasteiger partial charge in [-0.25, -0.2) is 0 Å². The van der Waals surface area contributed by atoms with Crippen molar-refractivity contribution in [3.8, 4) is 0 Å². The van der Waals surface area contributed by atoms with Gasteiger partial charge in [0.2, 0.25) is 3.79 Å². The molecule has 0 unspecified atom stereocenters. The van der Waals surface area contributed by atoms with Gasteiger partial charge < -0.3 is 16.0 Å². The maximum atomic E-state index is 12.4. The third-order valence-electron chi connectivity index (χ3n) is 3.09. The van der Waals surface area contributed by atoms with Crippen molar-refractivity contribution in [2.75, 3.05) is 5.32 Å². The summed E-state index contributed by atoms with van der Waals surface area (Å²) >= 11 is 31.3. The van der Waals surface area contributed by atoms with Crippen molar-refractivity contribution in [3.63, 3.8) is 0 Å². The summed E-state index contributed by atoms with van der Waals surface area (Å²) in [6.07, 6.45) is -1.07. The number of thiocarbonyl (C=S) groups is 1. The lowest BCUT2D eigenvalue weighted by molar-refractivity contribution is 0.0934. The number of rotatable bonds is 4. The molecule has 0 fully saturated rings. The Morgan fingerprint density at radius 3 is 2.38 bits per heavy atom. The Labute approximate surface area is 190 Å². The summed E-state index contributed by atoms with van der Waals surface area (Å²) in [5, 5.41) is 8.91. The van der Waals surface area contributed by atoms with Crippen LogP contribution in [0.15, 0.2) is 48.5 Å². The van der Waals surface area contributed by atoms with E-state index < -0.39 is 15.9 Å². The highest BCUT2D eigenvalue weighted by Gasteiger charge is 2.35. The number of carbonyl (C=O) groups is 1. The molecule has 0 bridgehead atoms. The Morgan fingerprint density at radius 2 is 1.77 bits per heavy atom. The number of carbonyl (C=O) groups excluding carboxylic acids is 1. The molecule has 0 saturated heterocycles. The minimum absolute atomic E-state index is 0.136. The van der Waals surface area contributed by atoms with E-state index in [0.717, 1.165) is 3.57 Å². The van der Waals surface area contributed by atoms with E-state index in [4.69, 9.17) is 58.6 Å². The van der Waals surface area contributed by atoms with Crippen LogP contribution in [-0.2, 0) is 0 Å². The fourth-order valence-electron chi connectivity index (χ4n) is 1.90. The van der Waals surface area contributed by atoms with Gasteiger partial charge in [0.05, 0.1) is 10.7 Å². The van der Waals surface area contributed by atoms with Crippen molar-refractivity contribution < 1.29 is 4.79 Å². The van der Waals surface area contributed by atoms with Crippen LogP contribution in [0.3, 0.4) is 0 Å². The highest BCUT2D eigenvalue weighted by atomic mass is 127. The van der Waals surface area contributed by atoms with Crippen LogP contribution in [0.5, 0.6) is 0 Å². The van der Waals surface area contributed by atoms with Gasteiger partial charge in [-0.1, -0.05) is 64.6 Å². The Bertz CT molecular complexity index is 816. The normalized spacial score (nSPS) is 12.2. The molecule has 4 nitrogen and oxygen atoms in total. The number of anilines is 1. The van der Waals surface area contributed by atoms with Crippen LogP contribution in [0.1, 0.15) is 10.4 Å². The Kier molecular flexibility index (Phi) is 8.06. The second-order valence-electron chi connectivity index (χ2n) is 5.04. The summed E-state index contributed by atoms with van der Waals surface area (Å²) in [7, 11) is 0. The van der Waals surface area contributed by atoms with E-state index in [-0.39, 0.29) is 5.11 Å². The van der Waals surface area contributed by atoms with Crippen LogP contribution >= 0.6 is 81.2 Å². The summed E-state index contributed by atoms with van der Waals surface area (Å²) in [6.45, 7) is 0. The van der Waals surface area contributed by atoms with Gasteiger partial charge in [-0.15, -0.1) is 0 Å². The Morgan fingerprint density at radius 1 is 1.08 bits per heavy atom. The van der Waals surface area contributed by atoms with Crippen molar-refractivity contribution in [1.82, 2.24) is 10.6 Å².